The van der Waals surface area contributed by atoms with E-state index in [1.807, 2.05) is 6.07 Å². The molecule has 1 heterocycles. The van der Waals surface area contributed by atoms with Gasteiger partial charge in [-0.3, -0.25) is 4.90 Å². The minimum atomic E-state index is -0.290. The Bertz CT molecular complexity index is 787. The molecule has 0 radical (unpaired) electrons. The fourth-order valence-corrected chi connectivity index (χ4v) is 3.89. The summed E-state index contributed by atoms with van der Waals surface area (Å²) in [5.41, 5.74) is 1.45. The van der Waals surface area contributed by atoms with E-state index >= 15 is 0 Å². The standard InChI is InChI=1S/C22H28ClFN2O2/c1-3-26-10-6-8-18(26)14-25-13-17-11-21(27-2)22(12-19(17)23)28-15-16-7-4-5-9-20(16)24/h4-5,7,9,11-12,18,25H,3,6,8,10,13-15H2,1-2H3. The second-order valence-corrected chi connectivity index (χ2v) is 7.44. The molecule has 0 saturated carbocycles. The number of rotatable bonds is 9. The molecule has 1 aliphatic rings. The summed E-state index contributed by atoms with van der Waals surface area (Å²) in [6.45, 7) is 6.21. The van der Waals surface area contributed by atoms with E-state index in [1.165, 1.54) is 25.5 Å². The van der Waals surface area contributed by atoms with Gasteiger partial charge in [0, 0.05) is 35.8 Å². The maximum Gasteiger partial charge on any atom is 0.163 e. The van der Waals surface area contributed by atoms with E-state index in [2.05, 4.69) is 17.1 Å². The lowest BCUT2D eigenvalue weighted by atomic mass is 10.1. The van der Waals surface area contributed by atoms with Crippen LogP contribution in [0.3, 0.4) is 0 Å². The highest BCUT2D eigenvalue weighted by Crippen LogP contribution is 2.34. The highest BCUT2D eigenvalue weighted by Gasteiger charge is 2.22. The monoisotopic (exact) mass is 406 g/mol. The highest BCUT2D eigenvalue weighted by molar-refractivity contribution is 6.31. The summed E-state index contributed by atoms with van der Waals surface area (Å²) in [5.74, 6) is 0.808. The Labute approximate surface area is 171 Å². The first-order chi connectivity index (χ1) is 13.6. The van der Waals surface area contributed by atoms with Gasteiger partial charge in [-0.05, 0) is 43.6 Å². The van der Waals surface area contributed by atoms with Gasteiger partial charge in [0.25, 0.3) is 0 Å². The minimum Gasteiger partial charge on any atom is -0.493 e. The van der Waals surface area contributed by atoms with Crippen LogP contribution in [0, 0.1) is 5.82 Å². The second-order valence-electron chi connectivity index (χ2n) is 7.03. The molecule has 1 N–H and O–H groups in total. The second kappa shape index (κ2) is 10.1. The van der Waals surface area contributed by atoms with Gasteiger partial charge in [0.15, 0.2) is 11.5 Å². The predicted molar refractivity (Wildman–Crippen MR) is 111 cm³/mol. The molecule has 0 aliphatic carbocycles. The molecule has 2 aromatic rings. The molecule has 0 amide bonds. The number of methoxy groups -OCH3 is 1. The van der Waals surface area contributed by atoms with Crippen molar-refractivity contribution in [2.45, 2.75) is 39.0 Å². The molecule has 0 aromatic heterocycles. The van der Waals surface area contributed by atoms with Crippen molar-refractivity contribution >= 4 is 11.6 Å². The van der Waals surface area contributed by atoms with Gasteiger partial charge in [0.2, 0.25) is 0 Å². The quantitative estimate of drug-likeness (QED) is 0.657. The third-order valence-electron chi connectivity index (χ3n) is 5.27. The van der Waals surface area contributed by atoms with Crippen LogP contribution in [0.4, 0.5) is 4.39 Å². The van der Waals surface area contributed by atoms with Gasteiger partial charge < -0.3 is 14.8 Å². The number of hydrogen-bond donors (Lipinski definition) is 1. The first-order valence-electron chi connectivity index (χ1n) is 9.79. The number of hydrogen-bond acceptors (Lipinski definition) is 4. The molecule has 4 nitrogen and oxygen atoms in total. The molecular weight excluding hydrogens is 379 g/mol. The lowest BCUT2D eigenvalue weighted by Crippen LogP contribution is -2.37. The molecule has 1 fully saturated rings. The van der Waals surface area contributed by atoms with Crippen LogP contribution >= 0.6 is 11.6 Å². The SMILES string of the molecule is CCN1CCCC1CNCc1cc(OC)c(OCc2ccccc2F)cc1Cl. The van der Waals surface area contributed by atoms with Crippen LogP contribution in [0.15, 0.2) is 36.4 Å². The number of likely N-dealkylation sites (N-methyl/N-ethyl adjacent to an activating group) is 1. The van der Waals surface area contributed by atoms with Gasteiger partial charge in [0.1, 0.15) is 12.4 Å². The Morgan fingerprint density at radius 2 is 2.04 bits per heavy atom. The van der Waals surface area contributed by atoms with Crippen molar-refractivity contribution in [1.82, 2.24) is 10.2 Å². The fraction of sp³-hybridized carbons (Fsp3) is 0.455. The zero-order chi connectivity index (χ0) is 19.9. The molecular formula is C22H28ClFN2O2. The highest BCUT2D eigenvalue weighted by atomic mass is 35.5. The summed E-state index contributed by atoms with van der Waals surface area (Å²) in [4.78, 5) is 2.51. The smallest absolute Gasteiger partial charge is 0.163 e. The third-order valence-corrected chi connectivity index (χ3v) is 5.63. The minimum absolute atomic E-state index is 0.117. The first kappa shape index (κ1) is 20.9. The van der Waals surface area contributed by atoms with Gasteiger partial charge in [-0.1, -0.05) is 36.7 Å². The van der Waals surface area contributed by atoms with Crippen LogP contribution in [0.2, 0.25) is 5.02 Å². The molecule has 1 aliphatic heterocycles. The molecule has 1 unspecified atom stereocenters. The summed E-state index contributed by atoms with van der Waals surface area (Å²) in [6.07, 6.45) is 2.50. The average Bonchev–Trinajstić information content (AvgIpc) is 3.16. The van der Waals surface area contributed by atoms with Crippen molar-refractivity contribution in [2.75, 3.05) is 26.7 Å². The van der Waals surface area contributed by atoms with Crippen molar-refractivity contribution < 1.29 is 13.9 Å². The van der Waals surface area contributed by atoms with E-state index in [0.29, 0.717) is 34.7 Å². The predicted octanol–water partition coefficient (Wildman–Crippen LogP) is 4.64. The summed E-state index contributed by atoms with van der Waals surface area (Å²) in [7, 11) is 1.59. The van der Waals surface area contributed by atoms with Gasteiger partial charge in [-0.2, -0.15) is 0 Å². The van der Waals surface area contributed by atoms with Crippen molar-refractivity contribution in [3.8, 4) is 11.5 Å². The lowest BCUT2D eigenvalue weighted by molar-refractivity contribution is 0.259. The largest absolute Gasteiger partial charge is 0.493 e. The van der Waals surface area contributed by atoms with Gasteiger partial charge in [-0.15, -0.1) is 0 Å². The van der Waals surface area contributed by atoms with E-state index in [1.54, 1.807) is 31.4 Å². The van der Waals surface area contributed by atoms with E-state index in [4.69, 9.17) is 21.1 Å². The molecule has 6 heteroatoms. The molecule has 1 saturated heterocycles. The van der Waals surface area contributed by atoms with E-state index in [9.17, 15) is 4.39 Å². The van der Waals surface area contributed by atoms with Gasteiger partial charge in [-0.25, -0.2) is 4.39 Å². The Morgan fingerprint density at radius 1 is 1.21 bits per heavy atom. The van der Waals surface area contributed by atoms with Crippen molar-refractivity contribution in [3.63, 3.8) is 0 Å². The number of halogens is 2. The van der Waals surface area contributed by atoms with E-state index < -0.39 is 0 Å². The Hall–Kier alpha value is -1.82. The summed E-state index contributed by atoms with van der Waals surface area (Å²) in [6, 6.07) is 10.8. The Morgan fingerprint density at radius 3 is 2.79 bits per heavy atom. The van der Waals surface area contributed by atoms with E-state index in [-0.39, 0.29) is 12.4 Å². The first-order valence-corrected chi connectivity index (χ1v) is 10.2. The van der Waals surface area contributed by atoms with Gasteiger partial charge >= 0.3 is 0 Å². The number of benzene rings is 2. The zero-order valence-corrected chi connectivity index (χ0v) is 17.3. The Balaban J connectivity index is 1.61. The van der Waals surface area contributed by atoms with Gasteiger partial charge in [0.05, 0.1) is 7.11 Å². The number of nitrogens with zero attached hydrogens (tertiary/aromatic N) is 1. The van der Waals surface area contributed by atoms with Crippen LogP contribution in [0.25, 0.3) is 0 Å². The number of nitrogens with one attached hydrogen (secondary N) is 1. The maximum absolute atomic E-state index is 13.8. The average molecular weight is 407 g/mol. The summed E-state index contributed by atoms with van der Waals surface area (Å²) >= 11 is 6.46. The van der Waals surface area contributed by atoms with Crippen molar-refractivity contribution in [2.24, 2.45) is 0 Å². The van der Waals surface area contributed by atoms with Crippen LogP contribution in [0.5, 0.6) is 11.5 Å². The molecule has 0 bridgehead atoms. The third kappa shape index (κ3) is 5.16. The topological polar surface area (TPSA) is 33.7 Å². The molecule has 1 atom stereocenters. The Kier molecular flexibility index (Phi) is 7.54. The van der Waals surface area contributed by atoms with Crippen molar-refractivity contribution in [3.05, 3.63) is 58.4 Å². The fourth-order valence-electron chi connectivity index (χ4n) is 3.67. The summed E-state index contributed by atoms with van der Waals surface area (Å²) < 4.78 is 25.0. The number of likely N-dealkylation sites (tertiary alicyclic amines) is 1. The zero-order valence-electron chi connectivity index (χ0n) is 16.5. The molecule has 152 valence electrons. The summed E-state index contributed by atoms with van der Waals surface area (Å²) in [5, 5.41) is 4.12. The normalized spacial score (nSPS) is 17.1. The van der Waals surface area contributed by atoms with E-state index in [0.717, 1.165) is 18.7 Å². The molecule has 0 spiro atoms. The molecule has 2 aromatic carbocycles. The molecule has 3 rings (SSSR count). The van der Waals surface area contributed by atoms with Crippen LogP contribution in [0.1, 0.15) is 30.9 Å². The maximum atomic E-state index is 13.8. The lowest BCUT2D eigenvalue weighted by Gasteiger charge is -2.23. The molecule has 28 heavy (non-hydrogen) atoms. The van der Waals surface area contributed by atoms with Crippen LogP contribution in [-0.4, -0.2) is 37.7 Å². The number of ether oxygens (including phenoxy) is 2. The van der Waals surface area contributed by atoms with Crippen LogP contribution < -0.4 is 14.8 Å². The van der Waals surface area contributed by atoms with Crippen LogP contribution in [-0.2, 0) is 13.2 Å². The van der Waals surface area contributed by atoms with Crippen molar-refractivity contribution in [1.29, 1.82) is 0 Å².